The Morgan fingerprint density at radius 3 is 2.12 bits per heavy atom. The summed E-state index contributed by atoms with van der Waals surface area (Å²) >= 11 is 0. The number of esters is 1. The summed E-state index contributed by atoms with van der Waals surface area (Å²) in [5, 5.41) is 4.44. The Bertz CT molecular complexity index is 583. The van der Waals surface area contributed by atoms with Gasteiger partial charge in [0.1, 0.15) is 6.54 Å². The molecule has 4 N–H and O–H groups in total. The molecule has 4 bridgehead atoms. The SMILES string of the molecule is C[C@H](OC(=O)CNC(=O)CC12CC3CC(CC(C3)C1)C2)C(=O)NC(N)=O. The molecule has 26 heavy (non-hydrogen) atoms. The summed E-state index contributed by atoms with van der Waals surface area (Å²) in [5.41, 5.74) is 4.94. The molecule has 0 heterocycles. The summed E-state index contributed by atoms with van der Waals surface area (Å²) in [6, 6.07) is -1.01. The first-order valence-corrected chi connectivity index (χ1v) is 9.31. The Morgan fingerprint density at radius 2 is 1.62 bits per heavy atom. The zero-order chi connectivity index (χ0) is 18.9. The maximum absolute atomic E-state index is 12.3. The normalized spacial score (nSPS) is 32.6. The van der Waals surface area contributed by atoms with Gasteiger partial charge in [0.05, 0.1) is 0 Å². The largest absolute Gasteiger partial charge is 0.451 e. The van der Waals surface area contributed by atoms with Crippen molar-refractivity contribution in [3.63, 3.8) is 0 Å². The summed E-state index contributed by atoms with van der Waals surface area (Å²) in [6.07, 6.45) is 6.63. The maximum Gasteiger partial charge on any atom is 0.326 e. The molecule has 4 fully saturated rings. The van der Waals surface area contributed by atoms with E-state index in [4.69, 9.17) is 10.5 Å². The van der Waals surface area contributed by atoms with Crippen molar-refractivity contribution in [2.45, 2.75) is 58.0 Å². The van der Waals surface area contributed by atoms with E-state index >= 15 is 0 Å². The number of hydrogen-bond acceptors (Lipinski definition) is 5. The summed E-state index contributed by atoms with van der Waals surface area (Å²) in [6.45, 7) is 1.03. The van der Waals surface area contributed by atoms with Gasteiger partial charge in [-0.05, 0) is 68.6 Å². The second kappa shape index (κ2) is 7.25. The van der Waals surface area contributed by atoms with Gasteiger partial charge in [0, 0.05) is 6.42 Å². The monoisotopic (exact) mass is 365 g/mol. The number of urea groups is 1. The predicted molar refractivity (Wildman–Crippen MR) is 91.5 cm³/mol. The first kappa shape index (κ1) is 18.7. The van der Waals surface area contributed by atoms with E-state index in [1.54, 1.807) is 0 Å². The van der Waals surface area contributed by atoms with E-state index in [1.165, 1.54) is 26.2 Å². The van der Waals surface area contributed by atoms with Gasteiger partial charge in [0.15, 0.2) is 6.10 Å². The van der Waals surface area contributed by atoms with Gasteiger partial charge in [-0.3, -0.25) is 19.7 Å². The van der Waals surface area contributed by atoms with Gasteiger partial charge in [0.2, 0.25) is 5.91 Å². The summed E-state index contributed by atoms with van der Waals surface area (Å²) in [5.74, 6) is 0.635. The van der Waals surface area contributed by atoms with Gasteiger partial charge < -0.3 is 15.8 Å². The fourth-order valence-electron chi connectivity index (χ4n) is 5.60. The number of primary amides is 1. The lowest BCUT2D eigenvalue weighted by atomic mass is 9.49. The molecule has 0 aromatic heterocycles. The Labute approximate surface area is 152 Å². The third-order valence-electron chi connectivity index (χ3n) is 6.05. The van der Waals surface area contributed by atoms with E-state index in [0.29, 0.717) is 6.42 Å². The van der Waals surface area contributed by atoms with E-state index < -0.39 is 24.0 Å². The van der Waals surface area contributed by atoms with Crippen LogP contribution in [0.5, 0.6) is 0 Å². The molecule has 8 heteroatoms. The standard InChI is InChI=1S/C18H27N3O5/c1-10(16(24)21-17(19)25)26-15(23)9-20-14(22)8-18-5-11-2-12(6-18)4-13(3-11)7-18/h10-13H,2-9H2,1H3,(H,20,22)(H3,19,21,24,25)/t10-,11?,12?,13?,18?/m0/s1. The highest BCUT2D eigenvalue weighted by Crippen LogP contribution is 2.61. The highest BCUT2D eigenvalue weighted by molar-refractivity contribution is 5.96. The Balaban J connectivity index is 1.42. The number of imide groups is 1. The minimum Gasteiger partial charge on any atom is -0.451 e. The lowest BCUT2D eigenvalue weighted by Gasteiger charge is -2.56. The molecule has 4 saturated carbocycles. The molecular weight excluding hydrogens is 338 g/mol. The van der Waals surface area contributed by atoms with Crippen LogP contribution in [-0.2, 0) is 19.1 Å². The van der Waals surface area contributed by atoms with Crippen LogP contribution < -0.4 is 16.4 Å². The van der Waals surface area contributed by atoms with Crippen LogP contribution in [0.3, 0.4) is 0 Å². The third kappa shape index (κ3) is 4.34. The number of amides is 4. The van der Waals surface area contributed by atoms with Gasteiger partial charge in [-0.2, -0.15) is 0 Å². The van der Waals surface area contributed by atoms with E-state index in [1.807, 2.05) is 5.32 Å². The Hall–Kier alpha value is -2.12. The third-order valence-corrected chi connectivity index (χ3v) is 6.05. The molecule has 4 rings (SSSR count). The van der Waals surface area contributed by atoms with Crippen molar-refractivity contribution >= 4 is 23.8 Å². The van der Waals surface area contributed by atoms with Crippen LogP contribution in [-0.4, -0.2) is 36.5 Å². The molecule has 4 amide bonds. The molecule has 4 aliphatic carbocycles. The van der Waals surface area contributed by atoms with Crippen molar-refractivity contribution in [3.8, 4) is 0 Å². The maximum atomic E-state index is 12.3. The van der Waals surface area contributed by atoms with E-state index in [-0.39, 0.29) is 17.9 Å². The number of carbonyl (C=O) groups is 4. The zero-order valence-corrected chi connectivity index (χ0v) is 15.1. The van der Waals surface area contributed by atoms with Crippen LogP contribution in [0, 0.1) is 23.2 Å². The number of ether oxygens (including phenoxy) is 1. The molecule has 0 aliphatic heterocycles. The highest BCUT2D eigenvalue weighted by Gasteiger charge is 2.51. The quantitative estimate of drug-likeness (QED) is 0.601. The molecule has 0 unspecified atom stereocenters. The minimum absolute atomic E-state index is 0.109. The summed E-state index contributed by atoms with van der Waals surface area (Å²) < 4.78 is 4.88. The molecule has 4 aliphatic rings. The van der Waals surface area contributed by atoms with Crippen LogP contribution in [0.1, 0.15) is 51.9 Å². The smallest absolute Gasteiger partial charge is 0.326 e. The van der Waals surface area contributed by atoms with Crippen LogP contribution in [0.4, 0.5) is 4.79 Å². The Morgan fingerprint density at radius 1 is 1.08 bits per heavy atom. The molecule has 144 valence electrons. The van der Waals surface area contributed by atoms with Crippen LogP contribution in [0.15, 0.2) is 0 Å². The molecule has 0 saturated heterocycles. The fourth-order valence-corrected chi connectivity index (χ4v) is 5.60. The van der Waals surface area contributed by atoms with E-state index in [2.05, 4.69) is 5.32 Å². The van der Waals surface area contributed by atoms with Crippen LogP contribution in [0.2, 0.25) is 0 Å². The highest BCUT2D eigenvalue weighted by atomic mass is 16.5. The summed E-state index contributed by atoms with van der Waals surface area (Å²) in [7, 11) is 0. The minimum atomic E-state index is -1.16. The molecule has 0 aromatic carbocycles. The number of hydrogen-bond donors (Lipinski definition) is 3. The summed E-state index contributed by atoms with van der Waals surface area (Å²) in [4.78, 5) is 46.2. The van der Waals surface area contributed by atoms with Gasteiger partial charge in [-0.1, -0.05) is 0 Å². The van der Waals surface area contributed by atoms with Gasteiger partial charge in [-0.15, -0.1) is 0 Å². The van der Waals surface area contributed by atoms with Crippen molar-refractivity contribution in [2.24, 2.45) is 28.9 Å². The van der Waals surface area contributed by atoms with Gasteiger partial charge >= 0.3 is 12.0 Å². The number of rotatable bonds is 6. The fraction of sp³-hybridized carbons (Fsp3) is 0.778. The van der Waals surface area contributed by atoms with Crippen LogP contribution in [0.25, 0.3) is 0 Å². The van der Waals surface area contributed by atoms with Gasteiger partial charge in [-0.25, -0.2) is 4.79 Å². The number of nitrogens with one attached hydrogen (secondary N) is 2. The second-order valence-electron chi connectivity index (χ2n) is 8.36. The average molecular weight is 365 g/mol. The van der Waals surface area contributed by atoms with E-state index in [9.17, 15) is 19.2 Å². The van der Waals surface area contributed by atoms with Crippen molar-refractivity contribution in [1.82, 2.24) is 10.6 Å². The lowest BCUT2D eigenvalue weighted by Crippen LogP contribution is -2.48. The zero-order valence-electron chi connectivity index (χ0n) is 15.1. The van der Waals surface area contributed by atoms with Crippen molar-refractivity contribution in [2.75, 3.05) is 6.54 Å². The molecule has 0 radical (unpaired) electrons. The molecule has 0 spiro atoms. The molecule has 0 aromatic rings. The Kier molecular flexibility index (Phi) is 5.20. The average Bonchev–Trinajstić information content (AvgIpc) is 2.50. The molecule has 8 nitrogen and oxygen atoms in total. The number of nitrogens with two attached hydrogens (primary N) is 1. The second-order valence-corrected chi connectivity index (χ2v) is 8.36. The van der Waals surface area contributed by atoms with Gasteiger partial charge in [0.25, 0.3) is 5.91 Å². The first-order valence-electron chi connectivity index (χ1n) is 9.31. The topological polar surface area (TPSA) is 128 Å². The van der Waals surface area contributed by atoms with Crippen LogP contribution >= 0.6 is 0 Å². The molecule has 1 atom stereocenters. The van der Waals surface area contributed by atoms with Crippen molar-refractivity contribution in [3.05, 3.63) is 0 Å². The van der Waals surface area contributed by atoms with E-state index in [0.717, 1.165) is 37.0 Å². The number of carbonyl (C=O) groups excluding carboxylic acids is 4. The lowest BCUT2D eigenvalue weighted by molar-refractivity contribution is -0.154. The molecular formula is C18H27N3O5. The van der Waals surface area contributed by atoms with Crippen molar-refractivity contribution in [1.29, 1.82) is 0 Å². The van der Waals surface area contributed by atoms with Crippen molar-refractivity contribution < 1.29 is 23.9 Å². The first-order chi connectivity index (χ1) is 12.2. The predicted octanol–water partition coefficient (Wildman–Crippen LogP) is 0.836.